The molecular weight excluding hydrogens is 276 g/mol. The van der Waals surface area contributed by atoms with E-state index in [0.717, 1.165) is 25.7 Å². The third-order valence-corrected chi connectivity index (χ3v) is 4.49. The smallest absolute Gasteiger partial charge is 0.191 e. The zero-order chi connectivity index (χ0) is 14.9. The average Bonchev–Trinajstić information content (AvgIpc) is 2.42. The molecule has 1 unspecified atom stereocenters. The summed E-state index contributed by atoms with van der Waals surface area (Å²) >= 11 is 0. The Hall–Kier alpha value is -1.20. The zero-order valence-electron chi connectivity index (χ0n) is 12.0. The summed E-state index contributed by atoms with van der Waals surface area (Å²) in [4.78, 5) is 0. The van der Waals surface area contributed by atoms with Gasteiger partial charge in [-0.2, -0.15) is 0 Å². The summed E-state index contributed by atoms with van der Waals surface area (Å²) in [6.45, 7) is 0.959. The molecule has 1 aromatic carbocycles. The molecule has 116 valence electrons. The van der Waals surface area contributed by atoms with E-state index in [1.807, 2.05) is 0 Å². The molecule has 21 heavy (non-hydrogen) atoms. The van der Waals surface area contributed by atoms with E-state index >= 15 is 0 Å². The molecule has 3 nitrogen and oxygen atoms in total. The maximum absolute atomic E-state index is 14.0. The van der Waals surface area contributed by atoms with E-state index in [-0.39, 0.29) is 17.5 Å². The molecule has 3 rings (SSSR count). The standard InChI is InChI=1S/C16H21F2NO2/c17-13-8-11(2-6-19)9-14(18)15(13)21-12-3-7-20-16(10-12)4-1-5-16/h8-9,12H,1-7,10,19H2. The van der Waals surface area contributed by atoms with Crippen LogP contribution >= 0.6 is 0 Å². The van der Waals surface area contributed by atoms with Crippen molar-refractivity contribution >= 4 is 0 Å². The number of hydrogen-bond acceptors (Lipinski definition) is 3. The van der Waals surface area contributed by atoms with Gasteiger partial charge in [0.15, 0.2) is 17.4 Å². The van der Waals surface area contributed by atoms with Gasteiger partial charge in [-0.1, -0.05) is 0 Å². The van der Waals surface area contributed by atoms with Crippen LogP contribution in [0.1, 0.15) is 37.7 Å². The highest BCUT2D eigenvalue weighted by Gasteiger charge is 2.43. The van der Waals surface area contributed by atoms with Crippen LogP contribution in [0, 0.1) is 11.6 Å². The van der Waals surface area contributed by atoms with Gasteiger partial charge < -0.3 is 15.2 Å². The van der Waals surface area contributed by atoms with Gasteiger partial charge >= 0.3 is 0 Å². The maximum Gasteiger partial charge on any atom is 0.191 e. The molecule has 0 aromatic heterocycles. The lowest BCUT2D eigenvalue weighted by molar-refractivity contribution is -0.154. The van der Waals surface area contributed by atoms with Crippen molar-refractivity contribution in [3.8, 4) is 5.75 Å². The van der Waals surface area contributed by atoms with E-state index in [0.29, 0.717) is 31.6 Å². The van der Waals surface area contributed by atoms with Crippen LogP contribution in [0.25, 0.3) is 0 Å². The molecule has 1 aliphatic carbocycles. The number of nitrogens with two attached hydrogens (primary N) is 1. The van der Waals surface area contributed by atoms with Crippen LogP contribution in [0.4, 0.5) is 8.78 Å². The predicted molar refractivity (Wildman–Crippen MR) is 75.3 cm³/mol. The lowest BCUT2D eigenvalue weighted by atomic mass is 9.74. The molecule has 1 atom stereocenters. The highest BCUT2D eigenvalue weighted by Crippen LogP contribution is 2.43. The second-order valence-corrected chi connectivity index (χ2v) is 6.04. The first-order chi connectivity index (χ1) is 10.1. The Morgan fingerprint density at radius 3 is 2.57 bits per heavy atom. The molecular formula is C16H21F2NO2. The van der Waals surface area contributed by atoms with Crippen molar-refractivity contribution < 1.29 is 18.3 Å². The summed E-state index contributed by atoms with van der Waals surface area (Å²) in [6, 6.07) is 2.62. The first-order valence-corrected chi connectivity index (χ1v) is 7.60. The SMILES string of the molecule is NCCc1cc(F)c(OC2CCOC3(CCC3)C2)c(F)c1. The molecule has 2 fully saturated rings. The van der Waals surface area contributed by atoms with Crippen LogP contribution in [0.2, 0.25) is 0 Å². The zero-order valence-corrected chi connectivity index (χ0v) is 12.0. The van der Waals surface area contributed by atoms with Crippen molar-refractivity contribution in [1.29, 1.82) is 0 Å². The quantitative estimate of drug-likeness (QED) is 0.929. The molecule has 5 heteroatoms. The van der Waals surface area contributed by atoms with Gasteiger partial charge in [-0.15, -0.1) is 0 Å². The number of ether oxygens (including phenoxy) is 2. The largest absolute Gasteiger partial charge is 0.484 e. The minimum absolute atomic E-state index is 0.102. The van der Waals surface area contributed by atoms with E-state index in [1.165, 1.54) is 12.1 Å². The van der Waals surface area contributed by atoms with Crippen LogP contribution in [-0.4, -0.2) is 24.9 Å². The number of rotatable bonds is 4. The van der Waals surface area contributed by atoms with Crippen LogP contribution in [0.3, 0.4) is 0 Å². The fraction of sp³-hybridized carbons (Fsp3) is 0.625. The molecule has 1 saturated heterocycles. The molecule has 0 amide bonds. The van der Waals surface area contributed by atoms with Gasteiger partial charge in [0.05, 0.1) is 12.2 Å². The van der Waals surface area contributed by atoms with E-state index in [2.05, 4.69) is 0 Å². The van der Waals surface area contributed by atoms with Gasteiger partial charge in [0.25, 0.3) is 0 Å². The van der Waals surface area contributed by atoms with Gasteiger partial charge in [-0.3, -0.25) is 0 Å². The van der Waals surface area contributed by atoms with Crippen LogP contribution in [-0.2, 0) is 11.2 Å². The van der Waals surface area contributed by atoms with E-state index in [4.69, 9.17) is 15.2 Å². The normalized spacial score (nSPS) is 23.9. The molecule has 2 aliphatic rings. The molecule has 1 heterocycles. The van der Waals surface area contributed by atoms with Crippen LogP contribution in [0.15, 0.2) is 12.1 Å². The Kier molecular flexibility index (Phi) is 4.13. The Morgan fingerprint density at radius 1 is 1.29 bits per heavy atom. The number of benzene rings is 1. The van der Waals surface area contributed by atoms with Gasteiger partial charge in [0.1, 0.15) is 6.10 Å². The molecule has 0 radical (unpaired) electrons. The van der Waals surface area contributed by atoms with Gasteiger partial charge in [0.2, 0.25) is 0 Å². The van der Waals surface area contributed by atoms with Crippen molar-refractivity contribution in [2.75, 3.05) is 13.2 Å². The summed E-state index contributed by atoms with van der Waals surface area (Å²) < 4.78 is 39.5. The molecule has 1 aromatic rings. The van der Waals surface area contributed by atoms with Crippen molar-refractivity contribution in [3.05, 3.63) is 29.3 Å². The van der Waals surface area contributed by atoms with Gasteiger partial charge in [0, 0.05) is 12.8 Å². The maximum atomic E-state index is 14.0. The van der Waals surface area contributed by atoms with E-state index < -0.39 is 11.6 Å². The van der Waals surface area contributed by atoms with E-state index in [9.17, 15) is 8.78 Å². The first-order valence-electron chi connectivity index (χ1n) is 7.60. The van der Waals surface area contributed by atoms with Crippen molar-refractivity contribution in [2.45, 2.75) is 50.2 Å². The molecule has 2 N–H and O–H groups in total. The Labute approximate surface area is 123 Å². The minimum Gasteiger partial charge on any atom is -0.484 e. The highest BCUT2D eigenvalue weighted by molar-refractivity contribution is 5.31. The lowest BCUT2D eigenvalue weighted by Gasteiger charge is -2.46. The number of hydrogen-bond donors (Lipinski definition) is 1. The summed E-state index contributed by atoms with van der Waals surface area (Å²) in [5.74, 6) is -1.56. The summed E-state index contributed by atoms with van der Waals surface area (Å²) in [5, 5.41) is 0. The summed E-state index contributed by atoms with van der Waals surface area (Å²) in [7, 11) is 0. The average molecular weight is 297 g/mol. The second kappa shape index (κ2) is 5.89. The highest BCUT2D eigenvalue weighted by atomic mass is 19.1. The molecule has 1 aliphatic heterocycles. The third kappa shape index (κ3) is 3.04. The predicted octanol–water partition coefficient (Wildman–Crippen LogP) is 2.95. The fourth-order valence-corrected chi connectivity index (χ4v) is 3.21. The van der Waals surface area contributed by atoms with E-state index in [1.54, 1.807) is 0 Å². The molecule has 0 bridgehead atoms. The molecule has 1 spiro atoms. The monoisotopic (exact) mass is 297 g/mol. The Balaban J connectivity index is 1.72. The Bertz CT molecular complexity index is 494. The van der Waals surface area contributed by atoms with Crippen molar-refractivity contribution in [3.63, 3.8) is 0 Å². The summed E-state index contributed by atoms with van der Waals surface area (Å²) in [6.07, 6.45) is 4.86. The van der Waals surface area contributed by atoms with Crippen LogP contribution < -0.4 is 10.5 Å². The minimum atomic E-state index is -0.646. The third-order valence-electron chi connectivity index (χ3n) is 4.49. The first kappa shape index (κ1) is 14.7. The lowest BCUT2D eigenvalue weighted by Crippen LogP contribution is -2.48. The molecule has 1 saturated carbocycles. The van der Waals surface area contributed by atoms with Crippen LogP contribution in [0.5, 0.6) is 5.75 Å². The summed E-state index contributed by atoms with van der Waals surface area (Å²) in [5.41, 5.74) is 5.87. The van der Waals surface area contributed by atoms with Gasteiger partial charge in [-0.05, 0) is 49.9 Å². The van der Waals surface area contributed by atoms with Gasteiger partial charge in [-0.25, -0.2) is 8.78 Å². The second-order valence-electron chi connectivity index (χ2n) is 6.04. The van der Waals surface area contributed by atoms with Crippen molar-refractivity contribution in [2.24, 2.45) is 5.73 Å². The topological polar surface area (TPSA) is 44.5 Å². The Morgan fingerprint density at radius 2 is 2.00 bits per heavy atom. The number of halogens is 2. The van der Waals surface area contributed by atoms with Crippen molar-refractivity contribution in [1.82, 2.24) is 0 Å². The fourth-order valence-electron chi connectivity index (χ4n) is 3.21.